The lowest BCUT2D eigenvalue weighted by molar-refractivity contribution is -0.123. The van der Waals surface area contributed by atoms with Crippen LogP contribution < -0.4 is 10.6 Å². The number of morpholine rings is 1. The first-order valence-electron chi connectivity index (χ1n) is 7.09. The molecule has 1 amide bonds. The molecular weight excluding hydrogens is 230 g/mol. The van der Waals surface area contributed by atoms with E-state index in [0.717, 1.165) is 45.8 Å². The van der Waals surface area contributed by atoms with Crippen molar-refractivity contribution in [1.82, 2.24) is 15.5 Å². The molecule has 2 heterocycles. The van der Waals surface area contributed by atoms with Crippen LogP contribution in [0, 0.1) is 5.92 Å². The number of ether oxygens (including phenoxy) is 1. The van der Waals surface area contributed by atoms with Crippen molar-refractivity contribution in [2.45, 2.75) is 25.9 Å². The summed E-state index contributed by atoms with van der Waals surface area (Å²) in [4.78, 5) is 14.1. The highest BCUT2D eigenvalue weighted by Crippen LogP contribution is 2.11. The van der Waals surface area contributed by atoms with E-state index in [4.69, 9.17) is 4.74 Å². The molecule has 2 fully saturated rings. The Bertz CT molecular complexity index is 267. The predicted octanol–water partition coefficient (Wildman–Crippen LogP) is -0.177. The van der Waals surface area contributed by atoms with Gasteiger partial charge in [-0.1, -0.05) is 6.92 Å². The molecule has 2 rings (SSSR count). The van der Waals surface area contributed by atoms with Gasteiger partial charge in [-0.15, -0.1) is 0 Å². The minimum absolute atomic E-state index is 0.157. The third-order valence-electron chi connectivity index (χ3n) is 3.83. The second kappa shape index (κ2) is 7.07. The van der Waals surface area contributed by atoms with Gasteiger partial charge in [0.15, 0.2) is 0 Å². The molecule has 0 spiro atoms. The minimum Gasteiger partial charge on any atom is -0.374 e. The van der Waals surface area contributed by atoms with Gasteiger partial charge in [-0.25, -0.2) is 0 Å². The van der Waals surface area contributed by atoms with E-state index in [-0.39, 0.29) is 12.0 Å². The van der Waals surface area contributed by atoms with Gasteiger partial charge in [0.05, 0.1) is 12.7 Å². The summed E-state index contributed by atoms with van der Waals surface area (Å²) in [5.74, 6) is 0.685. The largest absolute Gasteiger partial charge is 0.374 e. The van der Waals surface area contributed by atoms with E-state index in [2.05, 4.69) is 22.5 Å². The van der Waals surface area contributed by atoms with Gasteiger partial charge in [0, 0.05) is 26.1 Å². The molecule has 2 N–H and O–H groups in total. The fourth-order valence-corrected chi connectivity index (χ4v) is 2.64. The van der Waals surface area contributed by atoms with E-state index in [9.17, 15) is 4.79 Å². The molecule has 2 aliphatic rings. The van der Waals surface area contributed by atoms with Gasteiger partial charge >= 0.3 is 0 Å². The zero-order valence-electron chi connectivity index (χ0n) is 11.3. The fourth-order valence-electron chi connectivity index (χ4n) is 2.64. The number of carbonyl (C=O) groups is 1. The van der Waals surface area contributed by atoms with Crippen LogP contribution in [0.5, 0.6) is 0 Å². The summed E-state index contributed by atoms with van der Waals surface area (Å²) in [7, 11) is 0. The number of nitrogens with zero attached hydrogens (tertiary/aromatic N) is 1. The molecule has 18 heavy (non-hydrogen) atoms. The van der Waals surface area contributed by atoms with Crippen molar-refractivity contribution in [3.63, 3.8) is 0 Å². The second-order valence-corrected chi connectivity index (χ2v) is 5.25. The quantitative estimate of drug-likeness (QED) is 0.716. The van der Waals surface area contributed by atoms with Crippen LogP contribution in [0.2, 0.25) is 0 Å². The molecule has 5 heteroatoms. The maximum atomic E-state index is 11.8. The Hall–Kier alpha value is -0.650. The lowest BCUT2D eigenvalue weighted by Crippen LogP contribution is -2.47. The first kappa shape index (κ1) is 13.8. The Kier molecular flexibility index (Phi) is 5.41. The number of nitrogens with one attached hydrogen (secondary N) is 2. The van der Waals surface area contributed by atoms with Gasteiger partial charge < -0.3 is 15.4 Å². The summed E-state index contributed by atoms with van der Waals surface area (Å²) >= 11 is 0. The van der Waals surface area contributed by atoms with Crippen molar-refractivity contribution >= 4 is 5.91 Å². The van der Waals surface area contributed by atoms with Crippen molar-refractivity contribution in [2.75, 3.05) is 45.9 Å². The Morgan fingerprint density at radius 1 is 1.56 bits per heavy atom. The van der Waals surface area contributed by atoms with Gasteiger partial charge in [-0.2, -0.15) is 0 Å². The number of carbonyl (C=O) groups excluding carboxylic acids is 1. The van der Waals surface area contributed by atoms with Crippen LogP contribution in [0.15, 0.2) is 0 Å². The summed E-state index contributed by atoms with van der Waals surface area (Å²) in [6.45, 7) is 8.62. The van der Waals surface area contributed by atoms with Gasteiger partial charge in [0.2, 0.25) is 5.91 Å². The van der Waals surface area contributed by atoms with Crippen LogP contribution >= 0.6 is 0 Å². The smallest absolute Gasteiger partial charge is 0.220 e. The van der Waals surface area contributed by atoms with Gasteiger partial charge in [-0.3, -0.25) is 9.69 Å². The normalized spacial score (nSPS) is 29.4. The first-order valence-corrected chi connectivity index (χ1v) is 7.09. The second-order valence-electron chi connectivity index (χ2n) is 5.25. The molecule has 2 saturated heterocycles. The third-order valence-corrected chi connectivity index (χ3v) is 3.83. The Morgan fingerprint density at radius 3 is 3.17 bits per heavy atom. The first-order chi connectivity index (χ1) is 8.78. The van der Waals surface area contributed by atoms with Crippen molar-refractivity contribution in [1.29, 1.82) is 0 Å². The molecule has 2 atom stereocenters. The molecule has 0 aromatic heterocycles. The topological polar surface area (TPSA) is 53.6 Å². The Labute approximate surface area is 109 Å². The molecule has 0 saturated carbocycles. The van der Waals surface area contributed by atoms with Crippen LogP contribution in [0.1, 0.15) is 19.8 Å². The molecule has 2 aliphatic heterocycles. The van der Waals surface area contributed by atoms with Crippen molar-refractivity contribution in [2.24, 2.45) is 5.92 Å². The highest BCUT2D eigenvalue weighted by Gasteiger charge is 2.21. The van der Waals surface area contributed by atoms with Crippen molar-refractivity contribution in [3.05, 3.63) is 0 Å². The standard InChI is InChI=1S/C13H25N3O2/c1-2-16-5-6-18-12(10-16)9-15-13(17)7-11-3-4-14-8-11/h11-12,14H,2-10H2,1H3,(H,15,17). The zero-order chi connectivity index (χ0) is 12.8. The summed E-state index contributed by atoms with van der Waals surface area (Å²) in [6.07, 6.45) is 1.93. The third kappa shape index (κ3) is 4.23. The van der Waals surface area contributed by atoms with Gasteiger partial charge in [-0.05, 0) is 32.0 Å². The highest BCUT2D eigenvalue weighted by atomic mass is 16.5. The average Bonchev–Trinajstić information content (AvgIpc) is 2.89. The number of hydrogen-bond donors (Lipinski definition) is 2. The molecule has 2 unspecified atom stereocenters. The van der Waals surface area contributed by atoms with E-state index in [0.29, 0.717) is 18.9 Å². The van der Waals surface area contributed by atoms with E-state index in [1.807, 2.05) is 0 Å². The summed E-state index contributed by atoms with van der Waals surface area (Å²) in [5.41, 5.74) is 0. The lowest BCUT2D eigenvalue weighted by Gasteiger charge is -2.32. The maximum absolute atomic E-state index is 11.8. The predicted molar refractivity (Wildman–Crippen MR) is 70.5 cm³/mol. The van der Waals surface area contributed by atoms with Crippen LogP contribution in [-0.2, 0) is 9.53 Å². The number of hydrogen-bond acceptors (Lipinski definition) is 4. The summed E-state index contributed by atoms with van der Waals surface area (Å²) in [5, 5.41) is 6.29. The van der Waals surface area contributed by atoms with E-state index in [1.54, 1.807) is 0 Å². The average molecular weight is 255 g/mol. The fraction of sp³-hybridized carbons (Fsp3) is 0.923. The van der Waals surface area contributed by atoms with E-state index < -0.39 is 0 Å². The minimum atomic E-state index is 0.157. The number of amides is 1. The van der Waals surface area contributed by atoms with Crippen LogP contribution in [0.25, 0.3) is 0 Å². The SMILES string of the molecule is CCN1CCOC(CNC(=O)CC2CCNC2)C1. The van der Waals surface area contributed by atoms with Crippen LogP contribution in [-0.4, -0.2) is 62.8 Å². The molecular formula is C13H25N3O2. The molecule has 104 valence electrons. The lowest BCUT2D eigenvalue weighted by atomic mass is 10.0. The van der Waals surface area contributed by atoms with Gasteiger partial charge in [0.25, 0.3) is 0 Å². The van der Waals surface area contributed by atoms with Crippen LogP contribution in [0.3, 0.4) is 0 Å². The van der Waals surface area contributed by atoms with E-state index >= 15 is 0 Å². The Morgan fingerprint density at radius 2 is 2.44 bits per heavy atom. The highest BCUT2D eigenvalue weighted by molar-refractivity contribution is 5.76. The molecule has 0 aromatic rings. The van der Waals surface area contributed by atoms with E-state index in [1.165, 1.54) is 0 Å². The monoisotopic (exact) mass is 255 g/mol. The number of rotatable bonds is 5. The Balaban J connectivity index is 1.62. The molecule has 0 aliphatic carbocycles. The molecule has 5 nitrogen and oxygen atoms in total. The van der Waals surface area contributed by atoms with Gasteiger partial charge in [0.1, 0.15) is 0 Å². The zero-order valence-corrected chi connectivity index (χ0v) is 11.3. The van der Waals surface area contributed by atoms with Crippen LogP contribution in [0.4, 0.5) is 0 Å². The van der Waals surface area contributed by atoms with Crippen molar-refractivity contribution in [3.8, 4) is 0 Å². The van der Waals surface area contributed by atoms with Crippen molar-refractivity contribution < 1.29 is 9.53 Å². The number of likely N-dealkylation sites (N-methyl/N-ethyl adjacent to an activating group) is 1. The summed E-state index contributed by atoms with van der Waals surface area (Å²) < 4.78 is 5.66. The molecule has 0 radical (unpaired) electrons. The maximum Gasteiger partial charge on any atom is 0.220 e. The molecule has 0 bridgehead atoms. The molecule has 0 aromatic carbocycles. The summed E-state index contributed by atoms with van der Waals surface area (Å²) in [6, 6.07) is 0.